The summed E-state index contributed by atoms with van der Waals surface area (Å²) in [5.74, 6) is 0. The standard InChI is InChI=1S/C8H11NO6S2/c1-2-9-7-5-6(16(10,11)12)3-4-8(7)17(13,14)15/h3-5,9H,2H2,1H3,(H,10,11,12)(H,13,14,15). The van der Waals surface area contributed by atoms with Crippen LogP contribution < -0.4 is 5.32 Å². The van der Waals surface area contributed by atoms with Crippen LogP contribution in [0.25, 0.3) is 0 Å². The summed E-state index contributed by atoms with van der Waals surface area (Å²) < 4.78 is 61.4. The number of anilines is 1. The molecule has 1 rings (SSSR count). The smallest absolute Gasteiger partial charge is 0.296 e. The SMILES string of the molecule is CCNc1cc(S(=O)(=O)O)ccc1S(=O)(=O)O. The molecule has 17 heavy (non-hydrogen) atoms. The van der Waals surface area contributed by atoms with Crippen molar-refractivity contribution in [1.82, 2.24) is 0 Å². The zero-order valence-electron chi connectivity index (χ0n) is 8.78. The molecule has 0 saturated heterocycles. The molecule has 0 bridgehead atoms. The van der Waals surface area contributed by atoms with Gasteiger partial charge < -0.3 is 5.32 Å². The molecule has 96 valence electrons. The van der Waals surface area contributed by atoms with E-state index in [9.17, 15) is 16.8 Å². The van der Waals surface area contributed by atoms with Gasteiger partial charge in [0, 0.05) is 6.54 Å². The molecular formula is C8H11NO6S2. The maximum Gasteiger partial charge on any atom is 0.296 e. The van der Waals surface area contributed by atoms with Gasteiger partial charge in [-0.3, -0.25) is 9.11 Å². The van der Waals surface area contributed by atoms with Crippen molar-refractivity contribution in [3.05, 3.63) is 18.2 Å². The molecule has 0 amide bonds. The second kappa shape index (κ2) is 4.61. The zero-order chi connectivity index (χ0) is 13.3. The average molecular weight is 281 g/mol. The molecule has 9 heteroatoms. The molecule has 0 heterocycles. The van der Waals surface area contributed by atoms with Crippen LogP contribution in [-0.4, -0.2) is 32.5 Å². The summed E-state index contributed by atoms with van der Waals surface area (Å²) in [4.78, 5) is -0.910. The highest BCUT2D eigenvalue weighted by atomic mass is 32.2. The van der Waals surface area contributed by atoms with Crippen LogP contribution in [0.2, 0.25) is 0 Å². The second-order valence-electron chi connectivity index (χ2n) is 3.14. The second-order valence-corrected chi connectivity index (χ2v) is 5.95. The van der Waals surface area contributed by atoms with Crippen molar-refractivity contribution in [2.75, 3.05) is 11.9 Å². The predicted molar refractivity (Wildman–Crippen MR) is 60.2 cm³/mol. The van der Waals surface area contributed by atoms with Crippen LogP contribution in [-0.2, 0) is 20.2 Å². The monoisotopic (exact) mass is 281 g/mol. The van der Waals surface area contributed by atoms with Crippen LogP contribution in [0.3, 0.4) is 0 Å². The lowest BCUT2D eigenvalue weighted by atomic mass is 10.3. The molecule has 0 aliphatic heterocycles. The Morgan fingerprint density at radius 2 is 1.71 bits per heavy atom. The molecule has 1 aromatic carbocycles. The van der Waals surface area contributed by atoms with Crippen LogP contribution in [0.4, 0.5) is 5.69 Å². The highest BCUT2D eigenvalue weighted by Gasteiger charge is 2.19. The minimum atomic E-state index is -4.46. The molecule has 0 radical (unpaired) electrons. The van der Waals surface area contributed by atoms with Crippen LogP contribution in [0.5, 0.6) is 0 Å². The summed E-state index contributed by atoms with van der Waals surface area (Å²) in [5.41, 5.74) is -0.0925. The lowest BCUT2D eigenvalue weighted by molar-refractivity contribution is 0.479. The third-order valence-electron chi connectivity index (χ3n) is 1.89. The van der Waals surface area contributed by atoms with E-state index in [1.807, 2.05) is 0 Å². The summed E-state index contributed by atoms with van der Waals surface area (Å²) in [6.07, 6.45) is 0. The molecule has 7 nitrogen and oxygen atoms in total. The maximum absolute atomic E-state index is 11.0. The van der Waals surface area contributed by atoms with E-state index in [4.69, 9.17) is 9.11 Å². The van der Waals surface area contributed by atoms with Crippen molar-refractivity contribution in [3.8, 4) is 0 Å². The minimum absolute atomic E-state index is 0.0925. The first-order valence-electron chi connectivity index (χ1n) is 4.49. The Morgan fingerprint density at radius 1 is 1.12 bits per heavy atom. The van der Waals surface area contributed by atoms with Gasteiger partial charge >= 0.3 is 0 Å². The summed E-state index contributed by atoms with van der Waals surface area (Å²) >= 11 is 0. The summed E-state index contributed by atoms with van der Waals surface area (Å²) in [5, 5.41) is 2.58. The molecule has 3 N–H and O–H groups in total. The Labute approximate surface area is 99.0 Å². The van der Waals surface area contributed by atoms with Gasteiger partial charge in [0.1, 0.15) is 4.90 Å². The van der Waals surface area contributed by atoms with Gasteiger partial charge in [-0.2, -0.15) is 16.8 Å². The fraction of sp³-hybridized carbons (Fsp3) is 0.250. The van der Waals surface area contributed by atoms with Gasteiger partial charge in [0.05, 0.1) is 10.6 Å². The van der Waals surface area contributed by atoms with Crippen LogP contribution >= 0.6 is 0 Å². The van der Waals surface area contributed by atoms with E-state index in [1.165, 1.54) is 0 Å². The van der Waals surface area contributed by atoms with Crippen molar-refractivity contribution in [2.24, 2.45) is 0 Å². The Bertz CT molecular complexity index is 619. The van der Waals surface area contributed by atoms with Crippen LogP contribution in [0.1, 0.15) is 6.92 Å². The first-order valence-corrected chi connectivity index (χ1v) is 7.37. The van der Waals surface area contributed by atoms with Gasteiger partial charge in [-0.25, -0.2) is 0 Å². The van der Waals surface area contributed by atoms with E-state index in [1.54, 1.807) is 6.92 Å². The van der Waals surface area contributed by atoms with Crippen LogP contribution in [0, 0.1) is 0 Å². The molecule has 0 unspecified atom stereocenters. The Balaban J connectivity index is 3.48. The van der Waals surface area contributed by atoms with E-state index in [-0.39, 0.29) is 5.69 Å². The largest absolute Gasteiger partial charge is 0.384 e. The Kier molecular flexibility index (Phi) is 3.77. The molecule has 1 aromatic rings. The van der Waals surface area contributed by atoms with E-state index in [0.29, 0.717) is 6.54 Å². The molecule has 0 aliphatic rings. The lowest BCUT2D eigenvalue weighted by Crippen LogP contribution is -2.08. The fourth-order valence-electron chi connectivity index (χ4n) is 1.22. The van der Waals surface area contributed by atoms with Crippen molar-refractivity contribution in [1.29, 1.82) is 0 Å². The first kappa shape index (κ1) is 13.9. The van der Waals surface area contributed by atoms with Gasteiger partial charge in [0.25, 0.3) is 20.2 Å². The summed E-state index contributed by atoms with van der Waals surface area (Å²) in [6, 6.07) is 2.72. The zero-order valence-corrected chi connectivity index (χ0v) is 10.4. The number of hydrogen-bond donors (Lipinski definition) is 3. The highest BCUT2D eigenvalue weighted by molar-refractivity contribution is 7.86. The van der Waals surface area contributed by atoms with Gasteiger partial charge in [0.15, 0.2) is 0 Å². The number of hydrogen-bond acceptors (Lipinski definition) is 5. The van der Waals surface area contributed by atoms with Crippen molar-refractivity contribution in [2.45, 2.75) is 16.7 Å². The molecule has 0 spiro atoms. The Morgan fingerprint density at radius 3 is 2.12 bits per heavy atom. The van der Waals surface area contributed by atoms with Gasteiger partial charge in [-0.05, 0) is 25.1 Å². The fourth-order valence-corrected chi connectivity index (χ4v) is 2.38. The van der Waals surface area contributed by atoms with Crippen LogP contribution in [0.15, 0.2) is 28.0 Å². The molecule has 0 atom stereocenters. The maximum atomic E-state index is 11.0. The van der Waals surface area contributed by atoms with E-state index < -0.39 is 30.0 Å². The predicted octanol–water partition coefficient (Wildman–Crippen LogP) is 0.612. The highest BCUT2D eigenvalue weighted by Crippen LogP contribution is 2.24. The summed E-state index contributed by atoms with van der Waals surface area (Å²) in [7, 11) is -8.88. The summed E-state index contributed by atoms with van der Waals surface area (Å²) in [6.45, 7) is 1.98. The van der Waals surface area contributed by atoms with Crippen molar-refractivity contribution < 1.29 is 25.9 Å². The Hall–Kier alpha value is -1.16. The average Bonchev–Trinajstić information content (AvgIpc) is 2.15. The number of benzene rings is 1. The topological polar surface area (TPSA) is 121 Å². The van der Waals surface area contributed by atoms with Crippen molar-refractivity contribution in [3.63, 3.8) is 0 Å². The van der Waals surface area contributed by atoms with Gasteiger partial charge in [0.2, 0.25) is 0 Å². The number of rotatable bonds is 4. The van der Waals surface area contributed by atoms with Gasteiger partial charge in [-0.15, -0.1) is 0 Å². The molecule has 0 fully saturated rings. The van der Waals surface area contributed by atoms with E-state index >= 15 is 0 Å². The first-order chi connectivity index (χ1) is 7.66. The van der Waals surface area contributed by atoms with Crippen molar-refractivity contribution >= 4 is 25.9 Å². The third-order valence-corrected chi connectivity index (χ3v) is 3.66. The minimum Gasteiger partial charge on any atom is -0.384 e. The molecular weight excluding hydrogens is 270 g/mol. The lowest BCUT2D eigenvalue weighted by Gasteiger charge is -2.09. The van der Waals surface area contributed by atoms with Gasteiger partial charge in [-0.1, -0.05) is 0 Å². The van der Waals surface area contributed by atoms with E-state index in [0.717, 1.165) is 18.2 Å². The third kappa shape index (κ3) is 3.40. The van der Waals surface area contributed by atoms with E-state index in [2.05, 4.69) is 5.32 Å². The quantitative estimate of drug-likeness (QED) is 0.691. The normalized spacial score (nSPS) is 12.4. The molecule has 0 saturated carbocycles. The number of nitrogens with one attached hydrogen (secondary N) is 1. The molecule has 0 aliphatic carbocycles. The molecule has 0 aromatic heterocycles.